The predicted octanol–water partition coefficient (Wildman–Crippen LogP) is 2.05. The standard InChI is InChI=1S/C17H27N3O2/c1-12-8-7-9-14(10-12)17(3,4)11-18-16(22)19-13(2)15(21)20(5)6/h7-10,13H,11H2,1-6H3,(H2,18,19,22)/t13-/m0/s1. The van der Waals surface area contributed by atoms with Crippen molar-refractivity contribution in [2.75, 3.05) is 20.6 Å². The van der Waals surface area contributed by atoms with Crippen molar-refractivity contribution in [3.05, 3.63) is 35.4 Å². The van der Waals surface area contributed by atoms with Crippen molar-refractivity contribution in [2.45, 2.75) is 39.2 Å². The van der Waals surface area contributed by atoms with Crippen molar-refractivity contribution >= 4 is 11.9 Å². The van der Waals surface area contributed by atoms with Crippen LogP contribution in [0.3, 0.4) is 0 Å². The Morgan fingerprint density at radius 1 is 1.27 bits per heavy atom. The number of benzene rings is 1. The first-order valence-corrected chi connectivity index (χ1v) is 7.46. The zero-order valence-corrected chi connectivity index (χ0v) is 14.4. The van der Waals surface area contributed by atoms with E-state index in [4.69, 9.17) is 0 Å². The summed E-state index contributed by atoms with van der Waals surface area (Å²) in [7, 11) is 3.33. The summed E-state index contributed by atoms with van der Waals surface area (Å²) in [5.41, 5.74) is 2.18. The fourth-order valence-corrected chi connectivity index (χ4v) is 2.17. The number of amides is 3. The number of aryl methyl sites for hydroxylation is 1. The molecule has 5 nitrogen and oxygen atoms in total. The molecule has 0 radical (unpaired) electrons. The Bertz CT molecular complexity index is 538. The Labute approximate surface area is 133 Å². The van der Waals surface area contributed by atoms with Crippen LogP contribution in [0.5, 0.6) is 0 Å². The number of nitrogens with one attached hydrogen (secondary N) is 2. The first-order valence-electron chi connectivity index (χ1n) is 7.46. The molecule has 122 valence electrons. The normalized spacial score (nSPS) is 12.5. The van der Waals surface area contributed by atoms with Crippen LogP contribution in [0.25, 0.3) is 0 Å². The average molecular weight is 305 g/mol. The molecule has 0 unspecified atom stereocenters. The van der Waals surface area contributed by atoms with Gasteiger partial charge in [0.2, 0.25) is 5.91 Å². The van der Waals surface area contributed by atoms with Crippen molar-refractivity contribution in [1.29, 1.82) is 0 Å². The summed E-state index contributed by atoms with van der Waals surface area (Å²) in [5.74, 6) is -0.131. The molecular formula is C17H27N3O2. The van der Waals surface area contributed by atoms with Gasteiger partial charge in [0.1, 0.15) is 6.04 Å². The SMILES string of the molecule is Cc1cccc(C(C)(C)CNC(=O)N[C@@H](C)C(=O)N(C)C)c1. The van der Waals surface area contributed by atoms with E-state index in [0.717, 1.165) is 0 Å². The topological polar surface area (TPSA) is 61.4 Å². The lowest BCUT2D eigenvalue weighted by Gasteiger charge is -2.26. The van der Waals surface area contributed by atoms with Gasteiger partial charge in [0.15, 0.2) is 0 Å². The third kappa shape index (κ3) is 5.06. The van der Waals surface area contributed by atoms with Crippen LogP contribution in [0, 0.1) is 6.92 Å². The van der Waals surface area contributed by atoms with Gasteiger partial charge in [-0.15, -0.1) is 0 Å². The van der Waals surface area contributed by atoms with E-state index in [-0.39, 0.29) is 17.4 Å². The maximum absolute atomic E-state index is 11.9. The van der Waals surface area contributed by atoms with Crippen LogP contribution in [0.2, 0.25) is 0 Å². The highest BCUT2D eigenvalue weighted by atomic mass is 16.2. The number of rotatable bonds is 5. The number of carbonyl (C=O) groups is 2. The highest BCUT2D eigenvalue weighted by Gasteiger charge is 2.23. The summed E-state index contributed by atoms with van der Waals surface area (Å²) < 4.78 is 0. The molecule has 3 amide bonds. The third-order valence-electron chi connectivity index (χ3n) is 3.65. The smallest absolute Gasteiger partial charge is 0.315 e. The minimum atomic E-state index is -0.544. The molecule has 0 aliphatic rings. The Morgan fingerprint density at radius 3 is 2.45 bits per heavy atom. The van der Waals surface area contributed by atoms with Crippen LogP contribution >= 0.6 is 0 Å². The van der Waals surface area contributed by atoms with E-state index >= 15 is 0 Å². The summed E-state index contributed by atoms with van der Waals surface area (Å²) in [5, 5.41) is 5.50. The second kappa shape index (κ2) is 7.29. The van der Waals surface area contributed by atoms with E-state index in [0.29, 0.717) is 6.54 Å². The van der Waals surface area contributed by atoms with Crippen molar-refractivity contribution < 1.29 is 9.59 Å². The van der Waals surface area contributed by atoms with Crippen LogP contribution in [0.1, 0.15) is 31.9 Å². The Morgan fingerprint density at radius 2 is 1.91 bits per heavy atom. The Balaban J connectivity index is 2.58. The molecule has 0 saturated heterocycles. The molecule has 0 aliphatic carbocycles. The monoisotopic (exact) mass is 305 g/mol. The first kappa shape index (κ1) is 18.0. The second-order valence-corrected chi connectivity index (χ2v) is 6.53. The molecule has 0 saturated carbocycles. The van der Waals surface area contributed by atoms with E-state index < -0.39 is 6.04 Å². The molecule has 0 aromatic heterocycles. The minimum Gasteiger partial charge on any atom is -0.347 e. The zero-order chi connectivity index (χ0) is 16.9. The number of nitrogens with zero attached hydrogens (tertiary/aromatic N) is 1. The van der Waals surface area contributed by atoms with Crippen LogP contribution in [-0.2, 0) is 10.2 Å². The van der Waals surface area contributed by atoms with Crippen LogP contribution in [0.15, 0.2) is 24.3 Å². The van der Waals surface area contributed by atoms with Crippen molar-refractivity contribution in [3.8, 4) is 0 Å². The van der Waals surface area contributed by atoms with E-state index in [1.54, 1.807) is 21.0 Å². The number of hydrogen-bond acceptors (Lipinski definition) is 2. The number of likely N-dealkylation sites (N-methyl/N-ethyl adjacent to an activating group) is 1. The molecule has 1 atom stereocenters. The van der Waals surface area contributed by atoms with Gasteiger partial charge in [-0.1, -0.05) is 43.7 Å². The maximum atomic E-state index is 11.9. The lowest BCUT2D eigenvalue weighted by Crippen LogP contribution is -2.50. The van der Waals surface area contributed by atoms with E-state index in [1.165, 1.54) is 16.0 Å². The highest BCUT2D eigenvalue weighted by Crippen LogP contribution is 2.22. The summed E-state index contributed by atoms with van der Waals surface area (Å²) >= 11 is 0. The number of hydrogen-bond donors (Lipinski definition) is 2. The molecule has 2 N–H and O–H groups in total. The summed E-state index contributed by atoms with van der Waals surface area (Å²) in [6.45, 7) is 8.37. The molecular weight excluding hydrogens is 278 g/mol. The molecule has 5 heteroatoms. The van der Waals surface area contributed by atoms with E-state index in [9.17, 15) is 9.59 Å². The Hall–Kier alpha value is -2.04. The lowest BCUT2D eigenvalue weighted by molar-refractivity contribution is -0.130. The number of carbonyl (C=O) groups excluding carboxylic acids is 2. The molecule has 0 heterocycles. The van der Waals surface area contributed by atoms with E-state index in [1.807, 2.05) is 19.1 Å². The molecule has 0 spiro atoms. The third-order valence-corrected chi connectivity index (χ3v) is 3.65. The molecule has 0 aliphatic heterocycles. The molecule has 0 fully saturated rings. The summed E-state index contributed by atoms with van der Waals surface area (Å²) in [4.78, 5) is 25.1. The van der Waals surface area contributed by atoms with Crippen LogP contribution in [-0.4, -0.2) is 43.5 Å². The number of urea groups is 1. The molecule has 1 rings (SSSR count). The molecule has 0 bridgehead atoms. The molecule has 1 aromatic rings. The fraction of sp³-hybridized carbons (Fsp3) is 0.529. The van der Waals surface area contributed by atoms with Gasteiger partial charge in [0.05, 0.1) is 0 Å². The van der Waals surface area contributed by atoms with Gasteiger partial charge in [-0.05, 0) is 19.4 Å². The van der Waals surface area contributed by atoms with Gasteiger partial charge in [0.25, 0.3) is 0 Å². The zero-order valence-electron chi connectivity index (χ0n) is 14.4. The summed E-state index contributed by atoms with van der Waals surface area (Å²) in [6, 6.07) is 7.38. The highest BCUT2D eigenvalue weighted by molar-refractivity contribution is 5.86. The second-order valence-electron chi connectivity index (χ2n) is 6.53. The molecule has 1 aromatic carbocycles. The van der Waals surface area contributed by atoms with Gasteiger partial charge < -0.3 is 15.5 Å². The average Bonchev–Trinajstić information content (AvgIpc) is 2.44. The largest absolute Gasteiger partial charge is 0.347 e. The van der Waals surface area contributed by atoms with Crippen molar-refractivity contribution in [2.24, 2.45) is 0 Å². The fourth-order valence-electron chi connectivity index (χ4n) is 2.17. The lowest BCUT2D eigenvalue weighted by atomic mass is 9.84. The molecule has 22 heavy (non-hydrogen) atoms. The van der Waals surface area contributed by atoms with Gasteiger partial charge in [0, 0.05) is 26.1 Å². The Kier molecular flexibility index (Phi) is 5.97. The van der Waals surface area contributed by atoms with Crippen LogP contribution < -0.4 is 10.6 Å². The first-order chi connectivity index (χ1) is 10.1. The van der Waals surface area contributed by atoms with Crippen molar-refractivity contribution in [3.63, 3.8) is 0 Å². The van der Waals surface area contributed by atoms with Crippen LogP contribution in [0.4, 0.5) is 4.79 Å². The minimum absolute atomic E-state index is 0.131. The van der Waals surface area contributed by atoms with Gasteiger partial charge >= 0.3 is 6.03 Å². The van der Waals surface area contributed by atoms with Gasteiger partial charge in [-0.2, -0.15) is 0 Å². The quantitative estimate of drug-likeness (QED) is 0.874. The van der Waals surface area contributed by atoms with Gasteiger partial charge in [-0.3, -0.25) is 4.79 Å². The van der Waals surface area contributed by atoms with Gasteiger partial charge in [-0.25, -0.2) is 4.79 Å². The predicted molar refractivity (Wildman–Crippen MR) is 88.9 cm³/mol. The van der Waals surface area contributed by atoms with Crippen molar-refractivity contribution in [1.82, 2.24) is 15.5 Å². The van der Waals surface area contributed by atoms with E-state index in [2.05, 4.69) is 36.6 Å². The summed E-state index contributed by atoms with van der Waals surface area (Å²) in [6.07, 6.45) is 0. The maximum Gasteiger partial charge on any atom is 0.315 e.